The minimum absolute atomic E-state index is 0.138. The molecule has 3 heterocycles. The number of aliphatic hydroxyl groups excluding tert-OH is 1. The molecule has 2 amide bonds. The number of aliphatic hydroxyl groups is 1. The smallest absolute Gasteiger partial charge is 0.275 e. The number of nitrogens with zero attached hydrogens (tertiary/aromatic N) is 5. The van der Waals surface area contributed by atoms with Gasteiger partial charge in [-0.25, -0.2) is 4.98 Å². The van der Waals surface area contributed by atoms with Crippen molar-refractivity contribution >= 4 is 11.8 Å². The molecule has 1 aromatic heterocycles. The van der Waals surface area contributed by atoms with Gasteiger partial charge in [-0.1, -0.05) is 13.3 Å². The number of aromatic nitrogens is 1. The molecule has 0 unspecified atom stereocenters. The Hall–Kier alpha value is -1.97. The maximum atomic E-state index is 13.0. The molecular weight excluding hydrogens is 422 g/mol. The number of piperazine rings is 1. The van der Waals surface area contributed by atoms with Crippen LogP contribution in [0.2, 0.25) is 0 Å². The van der Waals surface area contributed by atoms with Crippen LogP contribution in [0.5, 0.6) is 0 Å². The van der Waals surface area contributed by atoms with Gasteiger partial charge >= 0.3 is 0 Å². The number of rotatable bonds is 10. The highest BCUT2D eigenvalue weighted by Crippen LogP contribution is 2.21. The van der Waals surface area contributed by atoms with Crippen LogP contribution in [0.4, 0.5) is 0 Å². The molecular formula is C24H41N5O4. The second-order valence-corrected chi connectivity index (χ2v) is 9.25. The summed E-state index contributed by atoms with van der Waals surface area (Å²) in [5.74, 6) is 0.392. The molecule has 1 N–H and O–H groups in total. The van der Waals surface area contributed by atoms with Gasteiger partial charge in [0.25, 0.3) is 5.91 Å². The monoisotopic (exact) mass is 463 g/mol. The third kappa shape index (κ3) is 7.01. The lowest BCUT2D eigenvalue weighted by atomic mass is 9.96. The molecule has 9 heteroatoms. The summed E-state index contributed by atoms with van der Waals surface area (Å²) in [6.07, 6.45) is 4.69. The average molecular weight is 464 g/mol. The van der Waals surface area contributed by atoms with Crippen LogP contribution in [0, 0.1) is 5.92 Å². The number of piperidine rings is 1. The van der Waals surface area contributed by atoms with Crippen molar-refractivity contribution in [3.8, 4) is 0 Å². The van der Waals surface area contributed by atoms with Crippen LogP contribution in [0.3, 0.4) is 0 Å². The van der Waals surface area contributed by atoms with E-state index in [9.17, 15) is 14.7 Å². The van der Waals surface area contributed by atoms with E-state index in [2.05, 4.69) is 21.7 Å². The van der Waals surface area contributed by atoms with Gasteiger partial charge in [0.05, 0.1) is 18.6 Å². The summed E-state index contributed by atoms with van der Waals surface area (Å²) >= 11 is 0. The molecule has 2 aliphatic rings. The van der Waals surface area contributed by atoms with Crippen molar-refractivity contribution in [3.05, 3.63) is 17.8 Å². The van der Waals surface area contributed by atoms with Crippen LogP contribution in [-0.2, 0) is 11.3 Å². The molecule has 9 nitrogen and oxygen atoms in total. The number of likely N-dealkylation sites (tertiary alicyclic amines) is 1. The molecule has 0 aromatic carbocycles. The number of carbonyl (C=O) groups excluding carboxylic acids is 2. The largest absolute Gasteiger partial charge is 0.447 e. The highest BCUT2D eigenvalue weighted by molar-refractivity contribution is 5.92. The highest BCUT2D eigenvalue weighted by atomic mass is 16.3. The Balaban J connectivity index is 1.49. The Kier molecular flexibility index (Phi) is 9.70. The van der Waals surface area contributed by atoms with Gasteiger partial charge in [0.15, 0.2) is 5.69 Å². The van der Waals surface area contributed by atoms with Gasteiger partial charge in [-0.3, -0.25) is 19.4 Å². The van der Waals surface area contributed by atoms with Gasteiger partial charge in [0.1, 0.15) is 6.26 Å². The Bertz CT molecular complexity index is 758. The third-order valence-corrected chi connectivity index (χ3v) is 6.82. The van der Waals surface area contributed by atoms with Crippen LogP contribution >= 0.6 is 0 Å². The third-order valence-electron chi connectivity index (χ3n) is 6.82. The van der Waals surface area contributed by atoms with Crippen LogP contribution < -0.4 is 0 Å². The van der Waals surface area contributed by atoms with E-state index in [-0.39, 0.29) is 23.8 Å². The van der Waals surface area contributed by atoms with Gasteiger partial charge in [0, 0.05) is 58.9 Å². The molecule has 2 aliphatic heterocycles. The van der Waals surface area contributed by atoms with Gasteiger partial charge in [-0.2, -0.15) is 0 Å². The minimum atomic E-state index is -0.251. The normalized spacial score (nSPS) is 21.2. The van der Waals surface area contributed by atoms with Crippen LogP contribution in [0.25, 0.3) is 0 Å². The summed E-state index contributed by atoms with van der Waals surface area (Å²) in [5, 5.41) is 10.0. The molecule has 0 saturated carbocycles. The molecule has 3 rings (SSSR count). The van der Waals surface area contributed by atoms with E-state index in [1.54, 1.807) is 4.90 Å². The fourth-order valence-electron chi connectivity index (χ4n) is 4.84. The lowest BCUT2D eigenvalue weighted by molar-refractivity contribution is -0.136. The quantitative estimate of drug-likeness (QED) is 0.564. The standard InChI is InChI=1S/C24H41N5O4/c1-4-8-20(30)16-26-11-13-27(14-12-26)17-22-25-21(18-33-22)24(32)29-10-7-9-19(15-29)23(31)28(5-2)6-3/h18-20,30H,4-17H2,1-3H3/t19-,20-/m1/s1. The van der Waals surface area contributed by atoms with Crippen molar-refractivity contribution in [1.29, 1.82) is 0 Å². The molecule has 0 spiro atoms. The predicted octanol–water partition coefficient (Wildman–Crippen LogP) is 1.67. The Morgan fingerprint density at radius 1 is 1.15 bits per heavy atom. The minimum Gasteiger partial charge on any atom is -0.447 e. The van der Waals surface area contributed by atoms with E-state index in [0.717, 1.165) is 58.4 Å². The molecule has 2 atom stereocenters. The molecule has 186 valence electrons. The maximum Gasteiger partial charge on any atom is 0.275 e. The maximum absolute atomic E-state index is 13.0. The molecule has 0 radical (unpaired) electrons. The number of oxazole rings is 1. The lowest BCUT2D eigenvalue weighted by Crippen LogP contribution is -2.48. The summed E-state index contributed by atoms with van der Waals surface area (Å²) < 4.78 is 5.62. The molecule has 0 bridgehead atoms. The van der Waals surface area contributed by atoms with E-state index in [1.165, 1.54) is 6.26 Å². The van der Waals surface area contributed by atoms with Crippen LogP contribution in [-0.4, -0.2) is 107 Å². The number of β-amino-alcohol motifs (C(OH)–C–C–N with tert-alkyl or cyclic N) is 1. The lowest BCUT2D eigenvalue weighted by Gasteiger charge is -2.35. The topological polar surface area (TPSA) is 93.4 Å². The van der Waals surface area contributed by atoms with E-state index < -0.39 is 0 Å². The van der Waals surface area contributed by atoms with Gasteiger partial charge in [-0.15, -0.1) is 0 Å². The average Bonchev–Trinajstić information content (AvgIpc) is 3.29. The zero-order chi connectivity index (χ0) is 23.8. The van der Waals surface area contributed by atoms with Crippen LogP contribution in [0.15, 0.2) is 10.7 Å². The van der Waals surface area contributed by atoms with Crippen molar-refractivity contribution in [2.75, 3.05) is 58.9 Å². The second-order valence-electron chi connectivity index (χ2n) is 9.25. The summed E-state index contributed by atoms with van der Waals surface area (Å²) in [6, 6.07) is 0. The molecule has 2 saturated heterocycles. The summed E-state index contributed by atoms with van der Waals surface area (Å²) in [4.78, 5) is 38.4. The first kappa shape index (κ1) is 25.6. The Morgan fingerprint density at radius 3 is 2.52 bits per heavy atom. The first-order valence-electron chi connectivity index (χ1n) is 12.6. The summed E-state index contributed by atoms with van der Waals surface area (Å²) in [5.41, 5.74) is 0.322. The van der Waals surface area contributed by atoms with Crippen molar-refractivity contribution in [3.63, 3.8) is 0 Å². The van der Waals surface area contributed by atoms with E-state index in [1.807, 2.05) is 18.7 Å². The molecule has 33 heavy (non-hydrogen) atoms. The van der Waals surface area contributed by atoms with Gasteiger partial charge < -0.3 is 19.3 Å². The number of amides is 2. The fourth-order valence-corrected chi connectivity index (χ4v) is 4.84. The number of hydrogen-bond donors (Lipinski definition) is 1. The zero-order valence-electron chi connectivity index (χ0n) is 20.5. The van der Waals surface area contributed by atoms with E-state index >= 15 is 0 Å². The zero-order valence-corrected chi connectivity index (χ0v) is 20.5. The molecule has 2 fully saturated rings. The predicted molar refractivity (Wildman–Crippen MR) is 126 cm³/mol. The van der Waals surface area contributed by atoms with Gasteiger partial charge in [0.2, 0.25) is 11.8 Å². The van der Waals surface area contributed by atoms with E-state index in [4.69, 9.17) is 4.42 Å². The SMILES string of the molecule is CCC[C@@H](O)CN1CCN(Cc2nc(C(=O)N3CCC[C@@H](C(=O)N(CC)CC)C3)co2)CC1. The van der Waals surface area contributed by atoms with Crippen molar-refractivity contribution in [2.24, 2.45) is 5.92 Å². The first-order chi connectivity index (χ1) is 15.9. The Labute approximate surface area is 197 Å². The summed E-state index contributed by atoms with van der Waals surface area (Å²) in [7, 11) is 0. The fraction of sp³-hybridized carbons (Fsp3) is 0.792. The first-order valence-corrected chi connectivity index (χ1v) is 12.6. The van der Waals surface area contributed by atoms with Crippen molar-refractivity contribution < 1.29 is 19.1 Å². The molecule has 0 aliphatic carbocycles. The van der Waals surface area contributed by atoms with E-state index in [0.29, 0.717) is 44.3 Å². The van der Waals surface area contributed by atoms with Crippen LogP contribution in [0.1, 0.15) is 62.8 Å². The van der Waals surface area contributed by atoms with Crippen molar-refractivity contribution in [2.45, 2.75) is 59.1 Å². The Morgan fingerprint density at radius 2 is 1.85 bits per heavy atom. The second kappa shape index (κ2) is 12.5. The molecule has 1 aromatic rings. The number of carbonyl (C=O) groups is 2. The van der Waals surface area contributed by atoms with Crippen molar-refractivity contribution in [1.82, 2.24) is 24.6 Å². The number of hydrogen-bond acceptors (Lipinski definition) is 7. The highest BCUT2D eigenvalue weighted by Gasteiger charge is 2.32. The summed E-state index contributed by atoms with van der Waals surface area (Å²) in [6.45, 7) is 13.4. The van der Waals surface area contributed by atoms with Gasteiger partial charge in [-0.05, 0) is 33.1 Å².